The monoisotopic (exact) mass is 341 g/mol. The second-order valence-corrected chi connectivity index (χ2v) is 5.71. The van der Waals surface area contributed by atoms with Crippen molar-refractivity contribution in [1.29, 1.82) is 0 Å². The summed E-state index contributed by atoms with van der Waals surface area (Å²) in [6.45, 7) is 3.16. The number of hydrogen-bond donors (Lipinski definition) is 0. The summed E-state index contributed by atoms with van der Waals surface area (Å²) in [5.41, 5.74) is 0.977. The van der Waals surface area contributed by atoms with E-state index in [9.17, 15) is 9.59 Å². The Bertz CT molecular complexity index is 974. The molecule has 3 rings (SSSR count). The van der Waals surface area contributed by atoms with E-state index in [1.807, 2.05) is 13.1 Å². The summed E-state index contributed by atoms with van der Waals surface area (Å²) in [7, 11) is 3.22. The second kappa shape index (κ2) is 6.80. The van der Waals surface area contributed by atoms with Crippen LogP contribution < -0.4 is 10.4 Å². The standard InChI is InChI=1S/C18H19N3O4/c1-4-21-11-12(9-19-21)10-20(2)18(23)15-8-17(22)25-16-7-13(24-3)5-6-14(15)16/h5-9,11H,4,10H2,1-3H3. The molecule has 0 spiro atoms. The van der Waals surface area contributed by atoms with Crippen LogP contribution in [0.15, 0.2) is 45.9 Å². The molecule has 1 amide bonds. The number of carbonyl (C=O) groups is 1. The van der Waals surface area contributed by atoms with Crippen LogP contribution >= 0.6 is 0 Å². The lowest BCUT2D eigenvalue weighted by Gasteiger charge is -2.17. The molecule has 0 aliphatic rings. The molecule has 0 saturated heterocycles. The quantitative estimate of drug-likeness (QED) is 0.666. The van der Waals surface area contributed by atoms with Gasteiger partial charge in [-0.1, -0.05) is 0 Å². The molecule has 0 fully saturated rings. The van der Waals surface area contributed by atoms with Gasteiger partial charge in [-0.25, -0.2) is 4.79 Å². The van der Waals surface area contributed by atoms with Crippen LogP contribution in [0.3, 0.4) is 0 Å². The normalized spacial score (nSPS) is 10.8. The number of hydrogen-bond acceptors (Lipinski definition) is 5. The fourth-order valence-electron chi connectivity index (χ4n) is 2.66. The average molecular weight is 341 g/mol. The van der Waals surface area contributed by atoms with Crippen molar-refractivity contribution in [2.75, 3.05) is 14.2 Å². The molecule has 2 heterocycles. The van der Waals surface area contributed by atoms with Crippen LogP contribution in [-0.2, 0) is 13.1 Å². The molecular formula is C18H19N3O4. The van der Waals surface area contributed by atoms with Gasteiger partial charge in [0.25, 0.3) is 5.91 Å². The van der Waals surface area contributed by atoms with Crippen LogP contribution in [0.5, 0.6) is 5.75 Å². The number of aryl methyl sites for hydroxylation is 1. The van der Waals surface area contributed by atoms with E-state index >= 15 is 0 Å². The first-order valence-corrected chi connectivity index (χ1v) is 7.90. The molecule has 7 heteroatoms. The number of carbonyl (C=O) groups excluding carboxylic acids is 1. The largest absolute Gasteiger partial charge is 0.497 e. The number of fused-ring (bicyclic) bond motifs is 1. The SMILES string of the molecule is CCn1cc(CN(C)C(=O)c2cc(=O)oc3cc(OC)ccc23)cn1. The Morgan fingerprint density at radius 3 is 2.84 bits per heavy atom. The zero-order valence-electron chi connectivity index (χ0n) is 14.4. The third-order valence-electron chi connectivity index (χ3n) is 3.96. The van der Waals surface area contributed by atoms with Crippen LogP contribution in [0.2, 0.25) is 0 Å². The van der Waals surface area contributed by atoms with Crippen molar-refractivity contribution in [2.24, 2.45) is 0 Å². The summed E-state index contributed by atoms with van der Waals surface area (Å²) < 4.78 is 12.1. The van der Waals surface area contributed by atoms with Crippen molar-refractivity contribution in [1.82, 2.24) is 14.7 Å². The lowest BCUT2D eigenvalue weighted by molar-refractivity contribution is 0.0786. The van der Waals surface area contributed by atoms with E-state index in [0.717, 1.165) is 12.1 Å². The van der Waals surface area contributed by atoms with Crippen molar-refractivity contribution in [3.8, 4) is 5.75 Å². The predicted octanol–water partition coefficient (Wildman–Crippen LogP) is 2.29. The summed E-state index contributed by atoms with van der Waals surface area (Å²) in [5, 5.41) is 4.77. The highest BCUT2D eigenvalue weighted by Crippen LogP contribution is 2.23. The minimum atomic E-state index is -0.573. The van der Waals surface area contributed by atoms with Crippen molar-refractivity contribution in [2.45, 2.75) is 20.0 Å². The van der Waals surface area contributed by atoms with Gasteiger partial charge < -0.3 is 14.1 Å². The fourth-order valence-corrected chi connectivity index (χ4v) is 2.66. The first-order valence-electron chi connectivity index (χ1n) is 7.90. The number of methoxy groups -OCH3 is 1. The Hall–Kier alpha value is -3.09. The van der Waals surface area contributed by atoms with Gasteiger partial charge in [0, 0.05) is 49.4 Å². The lowest BCUT2D eigenvalue weighted by Crippen LogP contribution is -2.27. The fraction of sp³-hybridized carbons (Fsp3) is 0.278. The molecule has 0 N–H and O–H groups in total. The number of amides is 1. The van der Waals surface area contributed by atoms with E-state index in [2.05, 4.69) is 5.10 Å². The Morgan fingerprint density at radius 1 is 1.36 bits per heavy atom. The summed E-state index contributed by atoms with van der Waals surface area (Å²) in [4.78, 5) is 26.2. The number of ether oxygens (including phenoxy) is 1. The van der Waals surface area contributed by atoms with Crippen LogP contribution in [0.25, 0.3) is 11.0 Å². The molecule has 2 aromatic heterocycles. The highest BCUT2D eigenvalue weighted by molar-refractivity contribution is 6.05. The molecule has 7 nitrogen and oxygen atoms in total. The first-order chi connectivity index (χ1) is 12.0. The first kappa shape index (κ1) is 16.8. The van der Waals surface area contributed by atoms with Gasteiger partial charge in [0.2, 0.25) is 0 Å². The van der Waals surface area contributed by atoms with E-state index in [1.165, 1.54) is 13.2 Å². The van der Waals surface area contributed by atoms with Gasteiger partial charge in [0.05, 0.1) is 18.9 Å². The van der Waals surface area contributed by atoms with Crippen LogP contribution in [-0.4, -0.2) is 34.7 Å². The van der Waals surface area contributed by atoms with Crippen molar-refractivity contribution < 1.29 is 13.9 Å². The average Bonchev–Trinajstić information content (AvgIpc) is 3.07. The Kier molecular flexibility index (Phi) is 4.56. The third kappa shape index (κ3) is 3.40. The maximum Gasteiger partial charge on any atom is 0.337 e. The van der Waals surface area contributed by atoms with E-state index in [4.69, 9.17) is 9.15 Å². The molecule has 0 atom stereocenters. The van der Waals surface area contributed by atoms with Gasteiger partial charge in [-0.3, -0.25) is 9.48 Å². The van der Waals surface area contributed by atoms with Crippen molar-refractivity contribution >= 4 is 16.9 Å². The Morgan fingerprint density at radius 2 is 2.16 bits per heavy atom. The smallest absolute Gasteiger partial charge is 0.337 e. The van der Waals surface area contributed by atoms with Crippen LogP contribution in [0.4, 0.5) is 0 Å². The molecule has 0 unspecified atom stereocenters. The zero-order chi connectivity index (χ0) is 18.0. The summed E-state index contributed by atoms with van der Waals surface area (Å²) in [6.07, 6.45) is 3.63. The van der Waals surface area contributed by atoms with Gasteiger partial charge in [-0.2, -0.15) is 5.10 Å². The molecule has 0 saturated carbocycles. The number of rotatable bonds is 5. The van der Waals surface area contributed by atoms with E-state index in [-0.39, 0.29) is 5.91 Å². The second-order valence-electron chi connectivity index (χ2n) is 5.71. The summed E-state index contributed by atoms with van der Waals surface area (Å²) in [6, 6.07) is 6.26. The highest BCUT2D eigenvalue weighted by Gasteiger charge is 2.18. The molecule has 0 radical (unpaired) electrons. The maximum absolute atomic E-state index is 12.8. The van der Waals surface area contributed by atoms with Crippen LogP contribution in [0, 0.1) is 0 Å². The molecule has 0 bridgehead atoms. The topological polar surface area (TPSA) is 77.6 Å². The Labute approximate surface area is 144 Å². The molecule has 0 aliphatic carbocycles. The van der Waals surface area contributed by atoms with Crippen LogP contribution in [0.1, 0.15) is 22.8 Å². The molecular weight excluding hydrogens is 322 g/mol. The van der Waals surface area contributed by atoms with Gasteiger partial charge >= 0.3 is 5.63 Å². The van der Waals surface area contributed by atoms with E-state index in [0.29, 0.717) is 28.8 Å². The van der Waals surface area contributed by atoms with Crippen molar-refractivity contribution in [3.63, 3.8) is 0 Å². The molecule has 0 aliphatic heterocycles. The molecule has 3 aromatic rings. The minimum absolute atomic E-state index is 0.257. The van der Waals surface area contributed by atoms with Gasteiger partial charge in [-0.15, -0.1) is 0 Å². The zero-order valence-corrected chi connectivity index (χ0v) is 14.4. The summed E-state index contributed by atoms with van der Waals surface area (Å²) in [5.74, 6) is 0.299. The van der Waals surface area contributed by atoms with Gasteiger partial charge in [0.1, 0.15) is 11.3 Å². The summed E-state index contributed by atoms with van der Waals surface area (Å²) >= 11 is 0. The highest BCUT2D eigenvalue weighted by atomic mass is 16.5. The van der Waals surface area contributed by atoms with Crippen molar-refractivity contribution in [3.05, 3.63) is 58.2 Å². The van der Waals surface area contributed by atoms with Gasteiger partial charge in [-0.05, 0) is 19.1 Å². The number of nitrogens with zero attached hydrogens (tertiary/aromatic N) is 3. The molecule has 1 aromatic carbocycles. The third-order valence-corrected chi connectivity index (χ3v) is 3.96. The minimum Gasteiger partial charge on any atom is -0.497 e. The lowest BCUT2D eigenvalue weighted by atomic mass is 10.1. The van der Waals surface area contributed by atoms with Gasteiger partial charge in [0.15, 0.2) is 0 Å². The molecule has 25 heavy (non-hydrogen) atoms. The van der Waals surface area contributed by atoms with E-state index in [1.54, 1.807) is 41.0 Å². The number of aromatic nitrogens is 2. The maximum atomic E-state index is 12.8. The number of benzene rings is 1. The predicted molar refractivity (Wildman–Crippen MR) is 92.7 cm³/mol. The molecule has 130 valence electrons. The van der Waals surface area contributed by atoms with E-state index < -0.39 is 5.63 Å². The Balaban J connectivity index is 1.94.